The fourth-order valence-electron chi connectivity index (χ4n) is 3.65. The average molecular weight is 302 g/mol. The van der Waals surface area contributed by atoms with E-state index in [-0.39, 0.29) is 29.3 Å². The van der Waals surface area contributed by atoms with Gasteiger partial charge < -0.3 is 9.47 Å². The highest BCUT2D eigenvalue weighted by molar-refractivity contribution is 5.77. The van der Waals surface area contributed by atoms with Crippen LogP contribution in [0.1, 0.15) is 46.0 Å². The molecule has 2 aliphatic rings. The topological polar surface area (TPSA) is 35.5 Å². The van der Waals surface area contributed by atoms with Crippen LogP contribution in [0.25, 0.3) is 0 Å². The molecular weight excluding hydrogens is 276 g/mol. The minimum Gasteiger partial charge on any atom is -0.493 e. The van der Waals surface area contributed by atoms with Gasteiger partial charge in [0.05, 0.1) is 12.5 Å². The molecule has 2 saturated carbocycles. The van der Waals surface area contributed by atoms with Crippen LogP contribution in [0.5, 0.6) is 5.75 Å². The maximum Gasteiger partial charge on any atom is 0.310 e. The van der Waals surface area contributed by atoms with E-state index >= 15 is 0 Å². The van der Waals surface area contributed by atoms with Crippen molar-refractivity contribution in [3.63, 3.8) is 0 Å². The van der Waals surface area contributed by atoms with E-state index in [9.17, 15) is 4.79 Å². The first kappa shape index (κ1) is 15.4. The Balaban J connectivity index is 1.51. The highest BCUT2D eigenvalue weighted by Crippen LogP contribution is 2.59. The molecular formula is C19H26O3. The fourth-order valence-corrected chi connectivity index (χ4v) is 3.65. The number of benzene rings is 1. The Bertz CT molecular complexity index is 503. The number of ether oxygens (including phenoxy) is 2. The largest absolute Gasteiger partial charge is 0.493 e. The van der Waals surface area contributed by atoms with Crippen molar-refractivity contribution in [1.29, 1.82) is 0 Å². The van der Waals surface area contributed by atoms with Crippen LogP contribution in [0.4, 0.5) is 0 Å². The molecule has 0 aliphatic heterocycles. The molecule has 0 aromatic heterocycles. The molecule has 2 atom stereocenters. The molecule has 0 bridgehead atoms. The van der Waals surface area contributed by atoms with Gasteiger partial charge >= 0.3 is 5.97 Å². The zero-order chi connectivity index (χ0) is 15.6. The summed E-state index contributed by atoms with van der Waals surface area (Å²) in [5.74, 6) is 1.09. The van der Waals surface area contributed by atoms with E-state index in [2.05, 4.69) is 13.8 Å². The maximum atomic E-state index is 12.4. The van der Waals surface area contributed by atoms with Crippen molar-refractivity contribution in [1.82, 2.24) is 0 Å². The molecule has 0 spiro atoms. The van der Waals surface area contributed by atoms with E-state index < -0.39 is 0 Å². The number of esters is 1. The van der Waals surface area contributed by atoms with E-state index in [1.807, 2.05) is 30.3 Å². The third-order valence-electron chi connectivity index (χ3n) is 5.31. The van der Waals surface area contributed by atoms with E-state index in [1.165, 1.54) is 19.3 Å². The molecule has 3 heteroatoms. The summed E-state index contributed by atoms with van der Waals surface area (Å²) >= 11 is 0. The summed E-state index contributed by atoms with van der Waals surface area (Å²) in [6, 6.07) is 9.79. The van der Waals surface area contributed by atoms with Crippen LogP contribution in [-0.4, -0.2) is 18.7 Å². The summed E-state index contributed by atoms with van der Waals surface area (Å²) in [5, 5.41) is 0. The normalized spacial score (nSPS) is 27.2. The summed E-state index contributed by atoms with van der Waals surface area (Å²) in [5.41, 5.74) is -0.0134. The summed E-state index contributed by atoms with van der Waals surface area (Å²) < 4.78 is 11.6. The number of carbonyl (C=O) groups excluding carboxylic acids is 1. The standard InChI is InChI=1S/C19H26O3/c1-19(2)16(13-21-14-9-5-3-6-10-14)17(19)18(20)22-15-11-7-4-8-12-15/h3,5-6,9-10,15-17H,4,7-8,11-13H2,1-2H3. The summed E-state index contributed by atoms with van der Waals surface area (Å²) in [6.07, 6.45) is 5.86. The predicted octanol–water partition coefficient (Wildman–Crippen LogP) is 4.21. The van der Waals surface area contributed by atoms with Gasteiger partial charge in [0.15, 0.2) is 0 Å². The number of hydrogen-bond donors (Lipinski definition) is 0. The van der Waals surface area contributed by atoms with Gasteiger partial charge in [-0.15, -0.1) is 0 Å². The van der Waals surface area contributed by atoms with Crippen molar-refractivity contribution in [2.75, 3.05) is 6.61 Å². The molecule has 2 aliphatic carbocycles. The first-order valence-corrected chi connectivity index (χ1v) is 8.47. The Hall–Kier alpha value is -1.51. The molecule has 0 N–H and O–H groups in total. The van der Waals surface area contributed by atoms with Crippen molar-refractivity contribution in [3.05, 3.63) is 30.3 Å². The highest BCUT2D eigenvalue weighted by atomic mass is 16.5. The van der Waals surface area contributed by atoms with Crippen molar-refractivity contribution in [2.45, 2.75) is 52.1 Å². The quantitative estimate of drug-likeness (QED) is 0.764. The second-order valence-corrected chi connectivity index (χ2v) is 7.23. The Labute approximate surface area is 133 Å². The number of rotatable bonds is 5. The third-order valence-corrected chi connectivity index (χ3v) is 5.31. The van der Waals surface area contributed by atoms with Crippen molar-refractivity contribution < 1.29 is 14.3 Å². The first-order valence-electron chi connectivity index (χ1n) is 8.47. The van der Waals surface area contributed by atoms with Gasteiger partial charge in [0.25, 0.3) is 0 Å². The van der Waals surface area contributed by atoms with Gasteiger partial charge in [0.1, 0.15) is 11.9 Å². The van der Waals surface area contributed by atoms with Gasteiger partial charge in [-0.1, -0.05) is 38.5 Å². The van der Waals surface area contributed by atoms with Crippen LogP contribution < -0.4 is 4.74 Å². The van der Waals surface area contributed by atoms with Gasteiger partial charge in [-0.2, -0.15) is 0 Å². The van der Waals surface area contributed by atoms with Crippen molar-refractivity contribution >= 4 is 5.97 Å². The van der Waals surface area contributed by atoms with E-state index in [1.54, 1.807) is 0 Å². The summed E-state index contributed by atoms with van der Waals surface area (Å²) in [4.78, 5) is 12.4. The zero-order valence-corrected chi connectivity index (χ0v) is 13.6. The molecule has 2 unspecified atom stereocenters. The minimum absolute atomic E-state index is 0.0134. The lowest BCUT2D eigenvalue weighted by Crippen LogP contribution is -2.23. The van der Waals surface area contributed by atoms with Gasteiger partial charge in [0, 0.05) is 5.92 Å². The number of para-hydroxylation sites is 1. The van der Waals surface area contributed by atoms with E-state index in [0.29, 0.717) is 6.61 Å². The Morgan fingerprint density at radius 2 is 1.82 bits per heavy atom. The zero-order valence-electron chi connectivity index (χ0n) is 13.6. The molecule has 120 valence electrons. The molecule has 1 aromatic rings. The molecule has 22 heavy (non-hydrogen) atoms. The molecule has 0 heterocycles. The third kappa shape index (κ3) is 3.29. The van der Waals surface area contributed by atoms with Gasteiger partial charge in [-0.25, -0.2) is 0 Å². The number of hydrogen-bond acceptors (Lipinski definition) is 3. The molecule has 3 rings (SSSR count). The molecule has 0 amide bonds. The lowest BCUT2D eigenvalue weighted by Gasteiger charge is -2.22. The van der Waals surface area contributed by atoms with Crippen LogP contribution in [0, 0.1) is 17.3 Å². The molecule has 3 nitrogen and oxygen atoms in total. The molecule has 0 radical (unpaired) electrons. The van der Waals surface area contributed by atoms with Crippen LogP contribution in [0.3, 0.4) is 0 Å². The second kappa shape index (κ2) is 6.31. The smallest absolute Gasteiger partial charge is 0.310 e. The predicted molar refractivity (Wildman–Crippen MR) is 85.7 cm³/mol. The van der Waals surface area contributed by atoms with Crippen molar-refractivity contribution in [3.8, 4) is 5.75 Å². The van der Waals surface area contributed by atoms with E-state index in [0.717, 1.165) is 18.6 Å². The molecule has 1 aromatic carbocycles. The van der Waals surface area contributed by atoms with Crippen LogP contribution >= 0.6 is 0 Å². The lowest BCUT2D eigenvalue weighted by atomic mass is 9.98. The van der Waals surface area contributed by atoms with E-state index in [4.69, 9.17) is 9.47 Å². The highest BCUT2D eigenvalue weighted by Gasteiger charge is 2.63. The van der Waals surface area contributed by atoms with Crippen LogP contribution in [-0.2, 0) is 9.53 Å². The Morgan fingerprint density at radius 3 is 2.50 bits per heavy atom. The maximum absolute atomic E-state index is 12.4. The van der Waals surface area contributed by atoms with Gasteiger partial charge in [0.2, 0.25) is 0 Å². The van der Waals surface area contributed by atoms with Crippen molar-refractivity contribution in [2.24, 2.45) is 17.3 Å². The monoisotopic (exact) mass is 302 g/mol. The van der Waals surface area contributed by atoms with Gasteiger partial charge in [-0.05, 0) is 43.2 Å². The second-order valence-electron chi connectivity index (χ2n) is 7.23. The summed E-state index contributed by atoms with van der Waals surface area (Å²) in [7, 11) is 0. The average Bonchev–Trinajstić information content (AvgIpc) is 3.08. The SMILES string of the molecule is CC1(C)C(COc2ccccc2)C1C(=O)OC1CCCCC1. The lowest BCUT2D eigenvalue weighted by molar-refractivity contribution is -0.153. The van der Waals surface area contributed by atoms with Gasteiger partial charge in [-0.3, -0.25) is 4.79 Å². The minimum atomic E-state index is -0.0156. The number of carbonyl (C=O) groups is 1. The van der Waals surface area contributed by atoms with Crippen LogP contribution in [0.2, 0.25) is 0 Å². The first-order chi connectivity index (χ1) is 10.6. The summed E-state index contributed by atoms with van der Waals surface area (Å²) in [6.45, 7) is 4.86. The molecule has 0 saturated heterocycles. The van der Waals surface area contributed by atoms with Crippen LogP contribution in [0.15, 0.2) is 30.3 Å². The fraction of sp³-hybridized carbons (Fsp3) is 0.632. The molecule has 2 fully saturated rings. The Kier molecular flexibility index (Phi) is 4.42. The Morgan fingerprint density at radius 1 is 1.14 bits per heavy atom.